The molecule has 0 radical (unpaired) electrons. The van der Waals surface area contributed by atoms with Gasteiger partial charge in [-0.05, 0) is 174 Å². The maximum Gasteiger partial charge on any atom is 1.00 e. The average Bonchev–Trinajstić information content (AvgIpc) is 1.25. The Bertz CT molecular complexity index is 5490. The van der Waals surface area contributed by atoms with Gasteiger partial charge in [0.2, 0.25) is 5.82 Å². The number of para-hydroxylation sites is 4. The maximum atomic E-state index is 11.8. The van der Waals surface area contributed by atoms with Crippen molar-refractivity contribution in [3.63, 3.8) is 0 Å². The van der Waals surface area contributed by atoms with Crippen LogP contribution >= 0.6 is 92.8 Å². The number of hydrogen-bond donors (Lipinski definition) is 8. The minimum Gasteiger partial charge on any atom is -0.545 e. The molecule has 0 spiro atoms. The summed E-state index contributed by atoms with van der Waals surface area (Å²) in [6, 6.07) is 42.1. The van der Waals surface area contributed by atoms with Gasteiger partial charge in [-0.1, -0.05) is 173 Å². The Morgan fingerprint density at radius 1 is 0.421 bits per heavy atom. The van der Waals surface area contributed by atoms with E-state index in [1.807, 2.05) is 103 Å². The van der Waals surface area contributed by atoms with Gasteiger partial charge in [-0.15, -0.1) is 10.2 Å². The monoisotopic (exact) mass is 1590 g/mol. The summed E-state index contributed by atoms with van der Waals surface area (Å²) in [5.74, 6) is 0.923. The first kappa shape index (κ1) is 79.2. The molecule has 14 rings (SSSR count). The summed E-state index contributed by atoms with van der Waals surface area (Å²) in [5, 5.41) is 69.5. The second-order valence-electron chi connectivity index (χ2n) is 23.1. The molecule has 25 nitrogen and oxygen atoms in total. The molecule has 0 saturated carbocycles. The number of tetrazole rings is 1. The molecule has 0 atom stereocenters. The van der Waals surface area contributed by atoms with Crippen molar-refractivity contribution < 1.29 is 61.4 Å². The van der Waals surface area contributed by atoms with Crippen LogP contribution in [0, 0.1) is 55.4 Å². The van der Waals surface area contributed by atoms with E-state index in [2.05, 4.69) is 77.2 Å². The summed E-state index contributed by atoms with van der Waals surface area (Å²) in [6.45, 7) is 14.7. The van der Waals surface area contributed by atoms with Gasteiger partial charge in [-0.3, -0.25) is 19.5 Å². The van der Waals surface area contributed by atoms with E-state index in [0.29, 0.717) is 120 Å². The number of aromatic carboxylic acids is 1. The van der Waals surface area contributed by atoms with Crippen molar-refractivity contribution in [2.45, 2.75) is 55.4 Å². The normalized spacial score (nSPS) is 10.7. The van der Waals surface area contributed by atoms with Gasteiger partial charge in [0.25, 0.3) is 5.91 Å². The van der Waals surface area contributed by atoms with Crippen molar-refractivity contribution in [1.29, 1.82) is 0 Å². The number of halogens is 8. The van der Waals surface area contributed by atoms with E-state index in [0.717, 1.165) is 78.5 Å². The zero-order valence-corrected chi connectivity index (χ0v) is 63.6. The first-order chi connectivity index (χ1) is 50.8. The van der Waals surface area contributed by atoms with Crippen molar-refractivity contribution in [3.05, 3.63) is 253 Å². The summed E-state index contributed by atoms with van der Waals surface area (Å²) in [6.07, 6.45) is 0. The number of nitrogens with zero attached hydrogens (tertiary/aromatic N) is 8. The number of anilines is 8. The van der Waals surface area contributed by atoms with E-state index in [-0.39, 0.29) is 30.0 Å². The number of carboxylic acids is 1. The number of carbonyl (C=O) groups excluding carboxylic acids is 2. The SMILES string of the molecule is Cc1noc(C)c1-c1cc(Cl)c(Nc2ccccc2-c2nn[nH]n2)c(Cl)c1.Cc1noc(C)c1-c1cc(Cl)c(Nc2ccccc2-c2noc(=O)[nH]2)c(Cl)c1.Cc1noc(C)c1-c1cc(Cl)c(Nc2ccccc2C(=O)NO)c(Cl)c1.Cc1noc(C)c1-c1cc(Cl)c(Nc2ccccc2C(=O)[O-])c(Cl)c1.[Li+]. The number of H-pyrrole nitrogens is 2. The number of rotatable bonds is 16. The van der Waals surface area contributed by atoms with Crippen molar-refractivity contribution in [2.24, 2.45) is 0 Å². The summed E-state index contributed by atoms with van der Waals surface area (Å²) < 4.78 is 25.4. The van der Waals surface area contributed by atoms with Gasteiger partial charge >= 0.3 is 24.6 Å². The zero-order chi connectivity index (χ0) is 75.8. The van der Waals surface area contributed by atoms with Gasteiger partial charge in [-0.2, -0.15) is 5.21 Å². The van der Waals surface area contributed by atoms with Gasteiger partial charge in [0.05, 0.1) is 103 Å². The van der Waals surface area contributed by atoms with Crippen molar-refractivity contribution in [2.75, 3.05) is 21.3 Å². The zero-order valence-electron chi connectivity index (χ0n) is 57.6. The van der Waals surface area contributed by atoms with Crippen LogP contribution in [0.15, 0.2) is 173 Å². The number of nitrogens with one attached hydrogen (secondary N) is 7. The minimum atomic E-state index is -1.29. The Morgan fingerprint density at radius 3 is 1.04 bits per heavy atom. The standard InChI is InChI=1S/C19H14Cl2N4O3.C18H14Cl2N6O.C18H15Cl2N3O3.C18H14Cl2N2O3.Li/c1-9-16(10(2)27-24-9)11-7-13(20)17(14(21)8-11)22-15-6-4-3-5-12(15)18-23-19(26)28-25-18;1-9-16(10(2)27-24-9)11-7-13(19)17(14(20)8-11)21-15-6-4-3-5-12(15)18-22-25-26-23-18;1-9-16(10(2)26-23-9)11-7-13(19)17(14(20)8-11)21-15-6-4-3-5-12(15)18(24)22-25;1-9-16(10(2)25-22-9)11-7-13(19)17(14(20)8-11)21-15-6-4-3-5-12(15)18(23)24;/h3-8,22H,1-2H3,(H,23,25,26);3-8,21H,1-2H3,(H,22,23,25,26);3-8,21,25H,1-2H3,(H,22,24);3-8,21H,1-2H3,(H,23,24);/q;;;;+1/p-1. The fourth-order valence-electron chi connectivity index (χ4n) is 11.3. The summed E-state index contributed by atoms with van der Waals surface area (Å²) >= 11 is 51.7. The smallest absolute Gasteiger partial charge is 0.545 e. The first-order valence-electron chi connectivity index (χ1n) is 31.4. The Morgan fingerprint density at radius 2 is 0.729 bits per heavy atom. The van der Waals surface area contributed by atoms with Gasteiger partial charge in [0.1, 0.15) is 23.0 Å². The number of aryl methyl sites for hydroxylation is 8. The summed E-state index contributed by atoms with van der Waals surface area (Å²) in [4.78, 5) is 36.8. The van der Waals surface area contributed by atoms with Gasteiger partial charge in [0.15, 0.2) is 5.82 Å². The molecule has 0 fully saturated rings. The van der Waals surface area contributed by atoms with E-state index in [1.54, 1.807) is 97.3 Å². The van der Waals surface area contributed by atoms with Crippen LogP contribution in [0.1, 0.15) is 66.5 Å². The molecule has 34 heteroatoms. The average molecular weight is 1590 g/mol. The number of hydrogen-bond acceptors (Lipinski definition) is 22. The minimum absolute atomic E-state index is 0. The van der Waals surface area contributed by atoms with E-state index in [1.165, 1.54) is 6.07 Å². The number of aromatic amines is 2. The Balaban J connectivity index is 0.000000152. The fraction of sp³-hybridized carbons (Fsp3) is 0.110. The second-order valence-corrected chi connectivity index (χ2v) is 26.4. The molecule has 107 heavy (non-hydrogen) atoms. The summed E-state index contributed by atoms with van der Waals surface area (Å²) in [7, 11) is 0. The van der Waals surface area contributed by atoms with E-state index >= 15 is 0 Å². The molecule has 6 aromatic heterocycles. The van der Waals surface area contributed by atoms with E-state index in [9.17, 15) is 19.5 Å². The van der Waals surface area contributed by atoms with Crippen LogP contribution in [0.4, 0.5) is 45.5 Å². The van der Waals surface area contributed by atoms with Crippen LogP contribution in [0.3, 0.4) is 0 Å². The van der Waals surface area contributed by atoms with Crippen molar-refractivity contribution >= 4 is 150 Å². The molecular weight excluding hydrogens is 1540 g/mol. The Hall–Kier alpha value is -10.4. The van der Waals surface area contributed by atoms with E-state index < -0.39 is 17.6 Å². The Kier molecular flexibility index (Phi) is 25.8. The topological polar surface area (TPSA) is 355 Å². The Labute approximate surface area is 660 Å². The number of benzene rings is 8. The van der Waals surface area contributed by atoms with Crippen LogP contribution in [-0.2, 0) is 0 Å². The van der Waals surface area contributed by atoms with Crippen molar-refractivity contribution in [3.8, 4) is 67.3 Å². The van der Waals surface area contributed by atoms with Gasteiger partial charge in [-0.25, -0.2) is 10.3 Å². The number of amides is 1. The number of aromatic nitrogens is 10. The summed E-state index contributed by atoms with van der Waals surface area (Å²) in [5.41, 5.74) is 17.1. The molecular formula is C73H56Cl8LiN15O10. The van der Waals surface area contributed by atoms with Crippen LogP contribution in [0.2, 0.25) is 40.2 Å². The maximum absolute atomic E-state index is 11.8. The number of carboxylic acid groups (broad SMARTS) is 1. The first-order valence-corrected chi connectivity index (χ1v) is 34.4. The largest absolute Gasteiger partial charge is 1.00 e. The van der Waals surface area contributed by atoms with Gasteiger partial charge < -0.3 is 49.3 Å². The van der Waals surface area contributed by atoms with Crippen LogP contribution < -0.4 is 56.5 Å². The van der Waals surface area contributed by atoms with E-state index in [4.69, 9.17) is 116 Å². The molecule has 1 amide bonds. The molecule has 0 aliphatic carbocycles. The molecule has 540 valence electrons. The second kappa shape index (κ2) is 34.9. The van der Waals surface area contributed by atoms with Crippen LogP contribution in [-0.4, -0.2) is 68.5 Å². The molecule has 0 saturated heterocycles. The predicted molar refractivity (Wildman–Crippen MR) is 408 cm³/mol. The fourth-order valence-corrected chi connectivity index (χ4v) is 13.6. The molecule has 14 aromatic rings. The van der Waals surface area contributed by atoms with Gasteiger partial charge in [0, 0.05) is 56.0 Å². The molecule has 6 heterocycles. The molecule has 8 N–H and O–H groups in total. The molecule has 8 aromatic carbocycles. The number of hydroxylamine groups is 1. The molecule has 0 aliphatic rings. The van der Waals surface area contributed by atoms with Crippen molar-refractivity contribution in [1.82, 2.24) is 56.9 Å². The van der Waals surface area contributed by atoms with Crippen LogP contribution in [0.5, 0.6) is 0 Å². The third-order valence-electron chi connectivity index (χ3n) is 16.1. The quantitative estimate of drug-likeness (QED) is 0.0253. The number of carbonyl (C=O) groups is 2. The molecule has 0 bridgehead atoms. The third kappa shape index (κ3) is 18.0. The predicted octanol–water partition coefficient (Wildman–Crippen LogP) is 17.0. The molecule has 0 unspecified atom stereocenters. The van der Waals surface area contributed by atoms with Crippen LogP contribution in [0.25, 0.3) is 67.3 Å². The molecule has 0 aliphatic heterocycles. The third-order valence-corrected chi connectivity index (χ3v) is 18.4.